The van der Waals surface area contributed by atoms with E-state index in [-0.39, 0.29) is 6.04 Å². The summed E-state index contributed by atoms with van der Waals surface area (Å²) in [6.45, 7) is 1.99. The van der Waals surface area contributed by atoms with Gasteiger partial charge in [-0.15, -0.1) is 0 Å². The van der Waals surface area contributed by atoms with Crippen LogP contribution in [0.3, 0.4) is 0 Å². The van der Waals surface area contributed by atoms with Crippen LogP contribution in [0.5, 0.6) is 0 Å². The van der Waals surface area contributed by atoms with E-state index < -0.39 is 0 Å². The van der Waals surface area contributed by atoms with Gasteiger partial charge in [-0.3, -0.25) is 4.98 Å². The second kappa shape index (κ2) is 5.75. The number of nitrogens with zero attached hydrogens (tertiary/aromatic N) is 3. The Balaban J connectivity index is 2.20. The summed E-state index contributed by atoms with van der Waals surface area (Å²) >= 11 is 1.52. The first-order valence-electron chi connectivity index (χ1n) is 5.39. The highest BCUT2D eigenvalue weighted by Crippen LogP contribution is 2.26. The molecule has 0 bridgehead atoms. The van der Waals surface area contributed by atoms with Gasteiger partial charge in [-0.05, 0) is 36.7 Å². The minimum absolute atomic E-state index is 0.125. The number of aromatic nitrogens is 3. The molecule has 2 aromatic heterocycles. The molecule has 0 radical (unpaired) electrons. The van der Waals surface area contributed by atoms with E-state index in [4.69, 9.17) is 5.73 Å². The van der Waals surface area contributed by atoms with Gasteiger partial charge in [0.1, 0.15) is 10.1 Å². The predicted molar refractivity (Wildman–Crippen MR) is 67.7 cm³/mol. The smallest absolute Gasteiger partial charge is 0.121 e. The Morgan fingerprint density at radius 3 is 2.88 bits per heavy atom. The average Bonchev–Trinajstić information content (AvgIpc) is 2.32. The molecule has 0 aromatic carbocycles. The zero-order valence-electron chi connectivity index (χ0n) is 9.58. The summed E-state index contributed by atoms with van der Waals surface area (Å²) in [4.78, 5) is 12.6. The Kier molecular flexibility index (Phi) is 4.06. The molecule has 2 N–H and O–H groups in total. The molecule has 2 rings (SSSR count). The first kappa shape index (κ1) is 12.0. The minimum atomic E-state index is 0.125. The zero-order chi connectivity index (χ0) is 12.1. The van der Waals surface area contributed by atoms with Crippen LogP contribution in [0.2, 0.25) is 0 Å². The van der Waals surface area contributed by atoms with Gasteiger partial charge in [0.2, 0.25) is 0 Å². The van der Waals surface area contributed by atoms with Crippen molar-refractivity contribution in [2.24, 2.45) is 5.73 Å². The van der Waals surface area contributed by atoms with Crippen molar-refractivity contribution in [2.45, 2.75) is 29.4 Å². The average molecular weight is 246 g/mol. The molecule has 0 aliphatic carbocycles. The van der Waals surface area contributed by atoms with Gasteiger partial charge in [-0.1, -0.05) is 6.07 Å². The third kappa shape index (κ3) is 3.51. The van der Waals surface area contributed by atoms with Gasteiger partial charge in [0.25, 0.3) is 0 Å². The molecular weight excluding hydrogens is 232 g/mol. The lowest BCUT2D eigenvalue weighted by Crippen LogP contribution is -2.18. The van der Waals surface area contributed by atoms with Gasteiger partial charge in [-0.25, -0.2) is 9.97 Å². The first-order valence-corrected chi connectivity index (χ1v) is 6.20. The van der Waals surface area contributed by atoms with Crippen LogP contribution in [-0.4, -0.2) is 21.0 Å². The maximum atomic E-state index is 5.82. The normalized spacial score (nSPS) is 12.4. The van der Waals surface area contributed by atoms with Gasteiger partial charge < -0.3 is 5.73 Å². The van der Waals surface area contributed by atoms with Crippen molar-refractivity contribution in [1.29, 1.82) is 0 Å². The third-order valence-corrected chi connectivity index (χ3v) is 3.11. The number of nitrogens with two attached hydrogens (primary N) is 1. The fourth-order valence-corrected chi connectivity index (χ4v) is 2.28. The number of pyridine rings is 1. The largest absolute Gasteiger partial charge is 0.328 e. The van der Waals surface area contributed by atoms with Crippen LogP contribution in [0.15, 0.2) is 47.0 Å². The lowest BCUT2D eigenvalue weighted by molar-refractivity contribution is 0.722. The fraction of sp³-hybridized carbons (Fsp3) is 0.250. The highest BCUT2D eigenvalue weighted by atomic mass is 32.2. The van der Waals surface area contributed by atoms with E-state index in [0.717, 1.165) is 22.0 Å². The molecule has 88 valence electrons. The maximum absolute atomic E-state index is 5.82. The van der Waals surface area contributed by atoms with Gasteiger partial charge >= 0.3 is 0 Å². The molecule has 0 fully saturated rings. The Labute approximate surface area is 105 Å². The quantitative estimate of drug-likeness (QED) is 0.892. The van der Waals surface area contributed by atoms with E-state index in [1.54, 1.807) is 24.8 Å². The van der Waals surface area contributed by atoms with Crippen molar-refractivity contribution >= 4 is 11.8 Å². The number of hydrogen-bond donors (Lipinski definition) is 1. The summed E-state index contributed by atoms with van der Waals surface area (Å²) in [6.07, 6.45) is 7.66. The van der Waals surface area contributed by atoms with Crippen molar-refractivity contribution in [3.05, 3.63) is 42.5 Å². The van der Waals surface area contributed by atoms with Gasteiger partial charge in [0.15, 0.2) is 0 Å². The summed E-state index contributed by atoms with van der Waals surface area (Å²) in [7, 11) is 0. The van der Waals surface area contributed by atoms with Crippen LogP contribution in [0, 0.1) is 0 Å². The molecule has 0 aliphatic rings. The minimum Gasteiger partial charge on any atom is -0.328 e. The molecule has 0 saturated carbocycles. The summed E-state index contributed by atoms with van der Waals surface area (Å²) in [5.41, 5.74) is 6.97. The van der Waals surface area contributed by atoms with E-state index in [2.05, 4.69) is 21.0 Å². The molecule has 2 aromatic rings. The highest BCUT2D eigenvalue weighted by molar-refractivity contribution is 7.99. The molecule has 0 aliphatic heterocycles. The molecule has 4 nitrogen and oxygen atoms in total. The van der Waals surface area contributed by atoms with Crippen molar-refractivity contribution in [2.75, 3.05) is 0 Å². The molecular formula is C12H14N4S. The zero-order valence-corrected chi connectivity index (χ0v) is 10.4. The molecule has 0 spiro atoms. The molecule has 17 heavy (non-hydrogen) atoms. The monoisotopic (exact) mass is 246 g/mol. The van der Waals surface area contributed by atoms with Crippen LogP contribution in [-0.2, 0) is 6.42 Å². The van der Waals surface area contributed by atoms with Gasteiger partial charge in [0, 0.05) is 24.6 Å². The molecule has 1 atom stereocenters. The molecule has 1 unspecified atom stereocenters. The SMILES string of the molecule is CC(N)Cc1cccnc1Sc1cnccn1. The van der Waals surface area contributed by atoms with Crippen LogP contribution in [0.4, 0.5) is 0 Å². The van der Waals surface area contributed by atoms with Gasteiger partial charge in [-0.2, -0.15) is 0 Å². The summed E-state index contributed by atoms with van der Waals surface area (Å²) in [5, 5.41) is 1.79. The van der Waals surface area contributed by atoms with Crippen molar-refractivity contribution in [3.63, 3.8) is 0 Å². The molecule has 5 heteroatoms. The molecule has 0 saturated heterocycles. The van der Waals surface area contributed by atoms with Gasteiger partial charge in [0.05, 0.1) is 6.20 Å². The van der Waals surface area contributed by atoms with Crippen LogP contribution in [0.1, 0.15) is 12.5 Å². The van der Waals surface area contributed by atoms with Crippen molar-refractivity contribution in [3.8, 4) is 0 Å². The van der Waals surface area contributed by atoms with E-state index in [1.807, 2.05) is 13.0 Å². The second-order valence-corrected chi connectivity index (χ2v) is 4.80. The Morgan fingerprint density at radius 1 is 1.29 bits per heavy atom. The maximum Gasteiger partial charge on any atom is 0.121 e. The van der Waals surface area contributed by atoms with Crippen LogP contribution in [0.25, 0.3) is 0 Å². The lowest BCUT2D eigenvalue weighted by Gasteiger charge is -2.09. The Bertz CT molecular complexity index is 473. The van der Waals surface area contributed by atoms with Crippen LogP contribution >= 0.6 is 11.8 Å². The third-order valence-electron chi connectivity index (χ3n) is 2.13. The Hall–Kier alpha value is -1.46. The predicted octanol–water partition coefficient (Wildman–Crippen LogP) is 1.91. The van der Waals surface area contributed by atoms with Crippen LogP contribution < -0.4 is 5.73 Å². The second-order valence-electron chi connectivity index (χ2n) is 3.79. The summed E-state index contributed by atoms with van der Waals surface area (Å²) in [6, 6.07) is 4.11. The van der Waals surface area contributed by atoms with E-state index >= 15 is 0 Å². The Morgan fingerprint density at radius 2 is 2.18 bits per heavy atom. The van der Waals surface area contributed by atoms with Crippen molar-refractivity contribution < 1.29 is 0 Å². The van der Waals surface area contributed by atoms with E-state index in [0.29, 0.717) is 0 Å². The number of hydrogen-bond acceptors (Lipinski definition) is 5. The standard InChI is InChI=1S/C12H14N4S/c1-9(13)7-10-3-2-4-16-12(10)17-11-8-14-5-6-15-11/h2-6,8-9H,7,13H2,1H3. The highest BCUT2D eigenvalue weighted by Gasteiger charge is 2.08. The molecule has 0 amide bonds. The fourth-order valence-electron chi connectivity index (χ4n) is 1.46. The lowest BCUT2D eigenvalue weighted by atomic mass is 10.1. The van der Waals surface area contributed by atoms with E-state index in [9.17, 15) is 0 Å². The number of rotatable bonds is 4. The van der Waals surface area contributed by atoms with E-state index in [1.165, 1.54) is 11.8 Å². The summed E-state index contributed by atoms with van der Waals surface area (Å²) < 4.78 is 0. The van der Waals surface area contributed by atoms with Crippen molar-refractivity contribution in [1.82, 2.24) is 15.0 Å². The molecule has 2 heterocycles. The topological polar surface area (TPSA) is 64.7 Å². The first-order chi connectivity index (χ1) is 8.25. The summed E-state index contributed by atoms with van der Waals surface area (Å²) in [5.74, 6) is 0.